The number of aromatic nitrogens is 3. The highest BCUT2D eigenvalue weighted by atomic mass is 32.1. The summed E-state index contributed by atoms with van der Waals surface area (Å²) in [6.45, 7) is 2.82. The van der Waals surface area contributed by atoms with Crippen molar-refractivity contribution >= 4 is 17.6 Å². The second-order valence-corrected chi connectivity index (χ2v) is 3.59. The van der Waals surface area contributed by atoms with Gasteiger partial charge < -0.3 is 0 Å². The Morgan fingerprint density at radius 1 is 1.64 bits per heavy atom. The Bertz CT molecular complexity index is 446. The van der Waals surface area contributed by atoms with E-state index in [1.165, 1.54) is 11.3 Å². The molecule has 0 bridgehead atoms. The van der Waals surface area contributed by atoms with Crippen molar-refractivity contribution in [1.29, 1.82) is 0 Å². The van der Waals surface area contributed by atoms with E-state index < -0.39 is 0 Å². The van der Waals surface area contributed by atoms with Gasteiger partial charge in [0.1, 0.15) is 10.7 Å². The third-order valence-corrected chi connectivity index (χ3v) is 2.76. The maximum Gasteiger partial charge on any atom is 0.169 e. The lowest BCUT2D eigenvalue weighted by Gasteiger charge is -1.99. The van der Waals surface area contributed by atoms with Gasteiger partial charge in [-0.15, -0.1) is 11.3 Å². The first-order chi connectivity index (χ1) is 6.85. The van der Waals surface area contributed by atoms with Gasteiger partial charge in [-0.25, -0.2) is 4.98 Å². The predicted octanol–water partition coefficient (Wildman–Crippen LogP) is 1.84. The number of thiazole rings is 1. The van der Waals surface area contributed by atoms with Gasteiger partial charge in [0.05, 0.1) is 5.69 Å². The third kappa shape index (κ3) is 1.46. The average molecular weight is 207 g/mol. The maximum atomic E-state index is 10.5. The molecular weight excluding hydrogens is 198 g/mol. The van der Waals surface area contributed by atoms with Gasteiger partial charge in [0.25, 0.3) is 0 Å². The molecule has 0 atom stereocenters. The monoisotopic (exact) mass is 207 g/mol. The minimum atomic E-state index is 0.480. The van der Waals surface area contributed by atoms with Gasteiger partial charge in [0.2, 0.25) is 0 Å². The fourth-order valence-corrected chi connectivity index (χ4v) is 2.02. The molecule has 0 fully saturated rings. The van der Waals surface area contributed by atoms with Crippen molar-refractivity contribution in [2.75, 3.05) is 0 Å². The summed E-state index contributed by atoms with van der Waals surface area (Å²) >= 11 is 1.46. The SMILES string of the molecule is CCn1nccc1-c1nc(C=O)cs1. The molecule has 0 saturated carbocycles. The number of aryl methyl sites for hydroxylation is 1. The lowest BCUT2D eigenvalue weighted by molar-refractivity contribution is 0.111. The molecule has 0 spiro atoms. The smallest absolute Gasteiger partial charge is 0.169 e. The van der Waals surface area contributed by atoms with Crippen LogP contribution in [0.3, 0.4) is 0 Å². The highest BCUT2D eigenvalue weighted by Crippen LogP contribution is 2.22. The van der Waals surface area contributed by atoms with Gasteiger partial charge in [-0.05, 0) is 13.0 Å². The molecule has 0 saturated heterocycles. The molecule has 2 aromatic heterocycles. The second kappa shape index (κ2) is 3.71. The molecule has 2 heterocycles. The van der Waals surface area contributed by atoms with Crippen LogP contribution in [0.25, 0.3) is 10.7 Å². The van der Waals surface area contributed by atoms with Crippen LogP contribution in [0.1, 0.15) is 17.4 Å². The topological polar surface area (TPSA) is 47.8 Å². The van der Waals surface area contributed by atoms with Crippen LogP contribution in [-0.2, 0) is 6.54 Å². The van der Waals surface area contributed by atoms with Crippen LogP contribution in [0.15, 0.2) is 17.6 Å². The molecule has 0 radical (unpaired) electrons. The first kappa shape index (κ1) is 9.08. The molecule has 0 unspecified atom stereocenters. The maximum absolute atomic E-state index is 10.5. The van der Waals surface area contributed by atoms with Crippen molar-refractivity contribution in [2.24, 2.45) is 0 Å². The van der Waals surface area contributed by atoms with E-state index in [0.29, 0.717) is 5.69 Å². The lowest BCUT2D eigenvalue weighted by Crippen LogP contribution is -1.98. The molecule has 0 N–H and O–H groups in total. The van der Waals surface area contributed by atoms with Crippen LogP contribution in [0.4, 0.5) is 0 Å². The Morgan fingerprint density at radius 3 is 3.14 bits per heavy atom. The number of carbonyl (C=O) groups is 1. The van der Waals surface area contributed by atoms with Gasteiger partial charge >= 0.3 is 0 Å². The normalized spacial score (nSPS) is 10.4. The minimum absolute atomic E-state index is 0.480. The van der Waals surface area contributed by atoms with Crippen molar-refractivity contribution in [3.63, 3.8) is 0 Å². The predicted molar refractivity (Wildman–Crippen MR) is 54.4 cm³/mol. The standard InChI is InChI=1S/C9H9N3OS/c1-2-12-8(3-4-10-12)9-11-7(5-13)6-14-9/h3-6H,2H2,1H3. The third-order valence-electron chi connectivity index (χ3n) is 1.88. The molecule has 14 heavy (non-hydrogen) atoms. The van der Waals surface area contributed by atoms with E-state index in [4.69, 9.17) is 0 Å². The van der Waals surface area contributed by atoms with Gasteiger partial charge in [0, 0.05) is 18.1 Å². The Balaban J connectivity index is 2.43. The van der Waals surface area contributed by atoms with E-state index in [9.17, 15) is 4.79 Å². The Morgan fingerprint density at radius 2 is 2.50 bits per heavy atom. The van der Waals surface area contributed by atoms with Gasteiger partial charge in [-0.3, -0.25) is 9.48 Å². The molecule has 0 aliphatic heterocycles. The summed E-state index contributed by atoms with van der Waals surface area (Å²) in [6, 6.07) is 1.90. The number of hydrogen-bond donors (Lipinski definition) is 0. The fourth-order valence-electron chi connectivity index (χ4n) is 1.22. The number of nitrogens with zero attached hydrogens (tertiary/aromatic N) is 3. The summed E-state index contributed by atoms with van der Waals surface area (Å²) < 4.78 is 1.85. The van der Waals surface area contributed by atoms with E-state index >= 15 is 0 Å². The summed E-state index contributed by atoms with van der Waals surface area (Å²) in [5.74, 6) is 0. The molecule has 0 aliphatic rings. The van der Waals surface area contributed by atoms with E-state index in [2.05, 4.69) is 10.1 Å². The van der Waals surface area contributed by atoms with Crippen LogP contribution in [0.2, 0.25) is 0 Å². The van der Waals surface area contributed by atoms with Crippen molar-refractivity contribution in [3.05, 3.63) is 23.3 Å². The molecule has 4 nitrogen and oxygen atoms in total. The number of rotatable bonds is 3. The van der Waals surface area contributed by atoms with E-state index in [-0.39, 0.29) is 0 Å². The molecule has 2 aromatic rings. The number of aldehydes is 1. The summed E-state index contributed by atoms with van der Waals surface area (Å²) in [7, 11) is 0. The Kier molecular flexibility index (Phi) is 2.41. The van der Waals surface area contributed by atoms with Crippen LogP contribution in [0.5, 0.6) is 0 Å². The lowest BCUT2D eigenvalue weighted by atomic mass is 10.4. The van der Waals surface area contributed by atoms with E-state index in [1.54, 1.807) is 11.6 Å². The Labute approximate surface area is 85.2 Å². The zero-order valence-electron chi connectivity index (χ0n) is 7.67. The average Bonchev–Trinajstić information content (AvgIpc) is 2.85. The van der Waals surface area contributed by atoms with Crippen molar-refractivity contribution in [1.82, 2.24) is 14.8 Å². The summed E-state index contributed by atoms with van der Waals surface area (Å²) in [5.41, 5.74) is 1.44. The minimum Gasteiger partial charge on any atom is -0.296 e. The first-order valence-electron chi connectivity index (χ1n) is 4.28. The molecule has 0 aliphatic carbocycles. The molecular formula is C9H9N3OS. The Hall–Kier alpha value is -1.49. The summed E-state index contributed by atoms with van der Waals surface area (Å²) in [5, 5.41) is 6.73. The molecule has 72 valence electrons. The second-order valence-electron chi connectivity index (χ2n) is 2.73. The quantitative estimate of drug-likeness (QED) is 0.721. The van der Waals surface area contributed by atoms with Crippen molar-refractivity contribution < 1.29 is 4.79 Å². The van der Waals surface area contributed by atoms with Crippen LogP contribution >= 0.6 is 11.3 Å². The van der Waals surface area contributed by atoms with Crippen LogP contribution in [0, 0.1) is 0 Å². The molecule has 0 aromatic carbocycles. The van der Waals surface area contributed by atoms with Gasteiger partial charge in [-0.1, -0.05) is 0 Å². The summed E-state index contributed by atoms with van der Waals surface area (Å²) in [4.78, 5) is 14.6. The van der Waals surface area contributed by atoms with Crippen LogP contribution in [-0.4, -0.2) is 21.1 Å². The zero-order chi connectivity index (χ0) is 9.97. The van der Waals surface area contributed by atoms with Gasteiger partial charge in [-0.2, -0.15) is 5.10 Å². The number of carbonyl (C=O) groups excluding carboxylic acids is 1. The highest BCUT2D eigenvalue weighted by Gasteiger charge is 2.08. The van der Waals surface area contributed by atoms with Gasteiger partial charge in [0.15, 0.2) is 6.29 Å². The highest BCUT2D eigenvalue weighted by molar-refractivity contribution is 7.13. The molecule has 5 heteroatoms. The number of hydrogen-bond acceptors (Lipinski definition) is 4. The molecule has 0 amide bonds. The van der Waals surface area contributed by atoms with E-state index in [0.717, 1.165) is 23.5 Å². The van der Waals surface area contributed by atoms with Crippen molar-refractivity contribution in [2.45, 2.75) is 13.5 Å². The summed E-state index contributed by atoms with van der Waals surface area (Å²) in [6.07, 6.45) is 2.49. The fraction of sp³-hybridized carbons (Fsp3) is 0.222. The molecule has 2 rings (SSSR count). The van der Waals surface area contributed by atoms with Crippen LogP contribution < -0.4 is 0 Å². The largest absolute Gasteiger partial charge is 0.296 e. The zero-order valence-corrected chi connectivity index (χ0v) is 8.49. The first-order valence-corrected chi connectivity index (χ1v) is 5.16. The van der Waals surface area contributed by atoms with Crippen molar-refractivity contribution in [3.8, 4) is 10.7 Å². The van der Waals surface area contributed by atoms with E-state index in [1.807, 2.05) is 17.7 Å².